The van der Waals surface area contributed by atoms with Crippen LogP contribution in [0.3, 0.4) is 0 Å². The van der Waals surface area contributed by atoms with Crippen LogP contribution in [0, 0.1) is 13.8 Å². The second-order valence-electron chi connectivity index (χ2n) is 10.4. The topological polar surface area (TPSA) is 57.4 Å². The standard InChI is InChI=1S/C36H28N4/c1-21-5-7-25-9-11-27-13-15-33(39-35(27)23(25)3)31-19-20-32(38-31)34-16-14-28-12-10-26(24(4)36(28)40-34)8-6-22(2)30-18-17-29(21)37-30/h5-20,37-38H,1-2H2,3-4H3/b7-5-,8-6-. The van der Waals surface area contributed by atoms with E-state index >= 15 is 0 Å². The zero-order valence-electron chi connectivity index (χ0n) is 22.5. The van der Waals surface area contributed by atoms with Gasteiger partial charge < -0.3 is 9.97 Å². The van der Waals surface area contributed by atoms with Crippen molar-refractivity contribution in [3.63, 3.8) is 0 Å². The van der Waals surface area contributed by atoms with Crippen LogP contribution in [0.1, 0.15) is 33.6 Å². The molecule has 0 unspecified atom stereocenters. The average Bonchev–Trinajstić information content (AvgIpc) is 3.67. The van der Waals surface area contributed by atoms with E-state index in [-0.39, 0.29) is 0 Å². The van der Waals surface area contributed by atoms with Crippen LogP contribution in [0.15, 0.2) is 98.1 Å². The van der Waals surface area contributed by atoms with Gasteiger partial charge in [0, 0.05) is 22.2 Å². The number of hydrogen-bond donors (Lipinski definition) is 2. The van der Waals surface area contributed by atoms with Crippen molar-refractivity contribution >= 4 is 45.1 Å². The third-order valence-corrected chi connectivity index (χ3v) is 7.86. The van der Waals surface area contributed by atoms with Crippen LogP contribution < -0.4 is 0 Å². The van der Waals surface area contributed by atoms with Gasteiger partial charge in [-0.15, -0.1) is 0 Å². The smallest absolute Gasteiger partial charge is 0.0872 e. The van der Waals surface area contributed by atoms with Crippen molar-refractivity contribution in [1.82, 2.24) is 19.9 Å². The van der Waals surface area contributed by atoms with E-state index in [4.69, 9.17) is 9.97 Å². The summed E-state index contributed by atoms with van der Waals surface area (Å²) in [5.74, 6) is 0. The highest BCUT2D eigenvalue weighted by atomic mass is 14.8. The Balaban J connectivity index is 1.42. The summed E-state index contributed by atoms with van der Waals surface area (Å²) in [6.07, 6.45) is 8.32. The first-order valence-electron chi connectivity index (χ1n) is 13.4. The van der Waals surface area contributed by atoms with E-state index in [0.717, 1.165) is 89.4 Å². The number of aromatic amines is 2. The fourth-order valence-electron chi connectivity index (χ4n) is 5.38. The lowest BCUT2D eigenvalue weighted by molar-refractivity contribution is 1.28. The maximum atomic E-state index is 5.07. The summed E-state index contributed by atoms with van der Waals surface area (Å²) in [6.45, 7) is 12.8. The second-order valence-corrected chi connectivity index (χ2v) is 10.4. The van der Waals surface area contributed by atoms with Crippen molar-refractivity contribution in [3.05, 3.63) is 132 Å². The van der Waals surface area contributed by atoms with E-state index in [9.17, 15) is 0 Å². The summed E-state index contributed by atoms with van der Waals surface area (Å²) in [4.78, 5) is 17.2. The Morgan fingerprint density at radius 3 is 1.35 bits per heavy atom. The van der Waals surface area contributed by atoms with E-state index in [1.807, 2.05) is 0 Å². The molecule has 4 nitrogen and oxygen atoms in total. The first-order chi connectivity index (χ1) is 19.4. The largest absolute Gasteiger partial charge is 0.355 e. The number of allylic oxidation sites excluding steroid dienone is 4. The predicted molar refractivity (Wildman–Crippen MR) is 169 cm³/mol. The maximum Gasteiger partial charge on any atom is 0.0872 e. The zero-order chi connectivity index (χ0) is 27.4. The Bertz CT molecular complexity index is 1920. The SMILES string of the molecule is C=C1/C=C\c2ccc3ccc(nc3c2C)-c2ccc([nH]2)-c2ccc3ccc(c(C)c3n2)/C=C\C(=C)c2ccc1[nH]2. The Morgan fingerprint density at radius 1 is 0.475 bits per heavy atom. The molecule has 4 heteroatoms. The normalized spacial score (nSPS) is 14.8. The molecule has 0 atom stereocenters. The van der Waals surface area contributed by atoms with Gasteiger partial charge in [-0.2, -0.15) is 0 Å². The molecule has 1 aliphatic rings. The molecule has 40 heavy (non-hydrogen) atoms. The number of H-pyrrole nitrogens is 2. The van der Waals surface area contributed by atoms with Gasteiger partial charge in [0.25, 0.3) is 0 Å². The van der Waals surface area contributed by atoms with Crippen molar-refractivity contribution in [2.75, 3.05) is 0 Å². The summed E-state index contributed by atoms with van der Waals surface area (Å²) in [5.41, 5.74) is 13.9. The molecule has 0 fully saturated rings. The van der Waals surface area contributed by atoms with E-state index < -0.39 is 0 Å². The number of hydrogen-bond acceptors (Lipinski definition) is 2. The molecular weight excluding hydrogens is 488 g/mol. The molecule has 5 heterocycles. The molecule has 192 valence electrons. The van der Waals surface area contributed by atoms with Gasteiger partial charge in [-0.05, 0) is 83.6 Å². The monoisotopic (exact) mass is 516 g/mol. The lowest BCUT2D eigenvalue weighted by Crippen LogP contribution is -1.92. The molecule has 0 aliphatic carbocycles. The van der Waals surface area contributed by atoms with Crippen LogP contribution in [0.25, 0.3) is 67.9 Å². The molecule has 0 radical (unpaired) electrons. The van der Waals surface area contributed by atoms with E-state index in [0.29, 0.717) is 0 Å². The van der Waals surface area contributed by atoms with Crippen LogP contribution in [0.2, 0.25) is 0 Å². The number of pyridine rings is 2. The fourth-order valence-corrected chi connectivity index (χ4v) is 5.38. The van der Waals surface area contributed by atoms with E-state index in [1.165, 1.54) is 0 Å². The van der Waals surface area contributed by atoms with Gasteiger partial charge in [0.05, 0.1) is 33.8 Å². The number of nitrogens with one attached hydrogen (secondary N) is 2. The summed E-state index contributed by atoms with van der Waals surface area (Å²) >= 11 is 0. The van der Waals surface area contributed by atoms with Crippen molar-refractivity contribution in [2.24, 2.45) is 0 Å². The number of aromatic nitrogens is 4. The second kappa shape index (κ2) is 9.21. The van der Waals surface area contributed by atoms with Crippen molar-refractivity contribution in [1.29, 1.82) is 0 Å². The van der Waals surface area contributed by atoms with Crippen molar-refractivity contribution < 1.29 is 0 Å². The maximum absolute atomic E-state index is 5.07. The van der Waals surface area contributed by atoms with Crippen LogP contribution in [0.4, 0.5) is 0 Å². The Labute approximate surface area is 233 Å². The van der Waals surface area contributed by atoms with Gasteiger partial charge in [0.2, 0.25) is 0 Å². The van der Waals surface area contributed by atoms with Crippen LogP contribution in [-0.2, 0) is 0 Å². The molecule has 1 aliphatic heterocycles. The quantitative estimate of drug-likeness (QED) is 0.211. The Kier molecular flexibility index (Phi) is 5.49. The average molecular weight is 517 g/mol. The molecule has 2 N–H and O–H groups in total. The third-order valence-electron chi connectivity index (χ3n) is 7.86. The summed E-state index contributed by atoms with van der Waals surface area (Å²) in [5, 5.41) is 2.23. The minimum Gasteiger partial charge on any atom is -0.355 e. The van der Waals surface area contributed by atoms with Crippen LogP contribution in [-0.4, -0.2) is 19.9 Å². The van der Waals surface area contributed by atoms with Gasteiger partial charge in [0.15, 0.2) is 0 Å². The molecule has 0 saturated heterocycles. The number of fused-ring (bicyclic) bond motifs is 10. The molecule has 7 rings (SSSR count). The van der Waals surface area contributed by atoms with Gasteiger partial charge in [-0.25, -0.2) is 9.97 Å². The minimum absolute atomic E-state index is 0.901. The van der Waals surface area contributed by atoms with Gasteiger partial charge in [-0.3, -0.25) is 0 Å². The molecule has 4 aromatic heterocycles. The number of aryl methyl sites for hydroxylation is 2. The Morgan fingerprint density at radius 2 is 0.875 bits per heavy atom. The molecule has 10 bridgehead atoms. The molecule has 6 aromatic rings. The highest BCUT2D eigenvalue weighted by Crippen LogP contribution is 2.30. The highest BCUT2D eigenvalue weighted by molar-refractivity contribution is 5.90. The van der Waals surface area contributed by atoms with Gasteiger partial charge in [0.1, 0.15) is 0 Å². The minimum atomic E-state index is 0.901. The lowest BCUT2D eigenvalue weighted by Gasteiger charge is -2.09. The number of benzene rings is 2. The van der Waals surface area contributed by atoms with Crippen LogP contribution >= 0.6 is 0 Å². The van der Waals surface area contributed by atoms with Crippen molar-refractivity contribution in [2.45, 2.75) is 13.8 Å². The lowest BCUT2D eigenvalue weighted by atomic mass is 10.0. The third kappa shape index (κ3) is 4.02. The van der Waals surface area contributed by atoms with E-state index in [2.05, 4.69) is 134 Å². The van der Waals surface area contributed by atoms with Gasteiger partial charge >= 0.3 is 0 Å². The van der Waals surface area contributed by atoms with Crippen LogP contribution in [0.5, 0.6) is 0 Å². The zero-order valence-corrected chi connectivity index (χ0v) is 22.5. The molecule has 2 aromatic carbocycles. The number of nitrogens with zero attached hydrogens (tertiary/aromatic N) is 2. The van der Waals surface area contributed by atoms with Crippen molar-refractivity contribution in [3.8, 4) is 22.8 Å². The molecule has 0 spiro atoms. The fraction of sp³-hybridized carbons (Fsp3) is 0.0556. The molecule has 0 amide bonds. The number of rotatable bonds is 0. The Hall–Kier alpha value is -5.22. The molecule has 0 saturated carbocycles. The first kappa shape index (κ1) is 23.9. The summed E-state index contributed by atoms with van der Waals surface area (Å²) < 4.78 is 0. The predicted octanol–water partition coefficient (Wildman–Crippen LogP) is 9.16. The highest BCUT2D eigenvalue weighted by Gasteiger charge is 2.12. The van der Waals surface area contributed by atoms with E-state index in [1.54, 1.807) is 0 Å². The first-order valence-corrected chi connectivity index (χ1v) is 13.4. The summed E-state index contributed by atoms with van der Waals surface area (Å²) in [7, 11) is 0. The molecular formula is C36H28N4. The summed E-state index contributed by atoms with van der Waals surface area (Å²) in [6, 6.07) is 25.2. The van der Waals surface area contributed by atoms with Gasteiger partial charge in [-0.1, -0.05) is 73.9 Å².